The topological polar surface area (TPSA) is 67.4 Å². The van der Waals surface area contributed by atoms with Gasteiger partial charge in [0.05, 0.1) is 7.11 Å². The number of ether oxygens (including phenoxy) is 1. The average molecular weight is 298 g/mol. The molecule has 0 aromatic heterocycles. The van der Waals surface area contributed by atoms with Crippen molar-refractivity contribution in [3.8, 4) is 5.75 Å². The average Bonchev–Trinajstić information content (AvgIpc) is 3.19. The van der Waals surface area contributed by atoms with Crippen LogP contribution in [0.5, 0.6) is 5.75 Å². The van der Waals surface area contributed by atoms with E-state index >= 15 is 0 Å². The van der Waals surface area contributed by atoms with Crippen LogP contribution in [-0.4, -0.2) is 27.6 Å². The van der Waals surface area contributed by atoms with Gasteiger partial charge in [-0.3, -0.25) is 0 Å². The van der Waals surface area contributed by atoms with E-state index in [-0.39, 0.29) is 10.9 Å². The fraction of sp³-hybridized carbons (Fsp3) is 0.571. The first-order valence-corrected chi connectivity index (χ1v) is 8.33. The first-order chi connectivity index (χ1) is 9.42. The zero-order valence-corrected chi connectivity index (χ0v) is 13.0. The van der Waals surface area contributed by atoms with E-state index in [0.717, 1.165) is 18.4 Å². The molecule has 1 aromatic carbocycles. The summed E-state index contributed by atoms with van der Waals surface area (Å²) in [4.78, 5) is 0.218. The normalized spacial score (nSPS) is 15.6. The summed E-state index contributed by atoms with van der Waals surface area (Å²) < 4.78 is 32.5. The van der Waals surface area contributed by atoms with Gasteiger partial charge >= 0.3 is 0 Å². The Morgan fingerprint density at radius 2 is 2.05 bits per heavy atom. The molecule has 2 rings (SSSR count). The SMILES string of the molecule is COc1ccc(CNC(C)C)cc1S(=O)(=O)NC1CC1. The van der Waals surface area contributed by atoms with Gasteiger partial charge in [-0.1, -0.05) is 19.9 Å². The molecular weight excluding hydrogens is 276 g/mol. The first-order valence-electron chi connectivity index (χ1n) is 6.85. The summed E-state index contributed by atoms with van der Waals surface area (Å²) >= 11 is 0. The number of nitrogens with one attached hydrogen (secondary N) is 2. The van der Waals surface area contributed by atoms with Crippen LogP contribution in [-0.2, 0) is 16.6 Å². The Kier molecular flexibility index (Phi) is 4.67. The molecule has 0 radical (unpaired) electrons. The van der Waals surface area contributed by atoms with E-state index in [1.807, 2.05) is 6.07 Å². The third kappa shape index (κ3) is 3.94. The molecule has 6 heteroatoms. The van der Waals surface area contributed by atoms with Crippen LogP contribution in [0.2, 0.25) is 0 Å². The Labute approximate surface area is 120 Å². The van der Waals surface area contributed by atoms with Gasteiger partial charge in [-0.25, -0.2) is 13.1 Å². The molecule has 1 aliphatic carbocycles. The van der Waals surface area contributed by atoms with Crippen molar-refractivity contribution in [1.82, 2.24) is 10.0 Å². The minimum absolute atomic E-state index is 0.0853. The summed E-state index contributed by atoms with van der Waals surface area (Å²) in [6.45, 7) is 4.74. The van der Waals surface area contributed by atoms with E-state index < -0.39 is 10.0 Å². The summed E-state index contributed by atoms with van der Waals surface area (Å²) in [5, 5.41) is 3.27. The van der Waals surface area contributed by atoms with Crippen molar-refractivity contribution in [2.45, 2.75) is 50.2 Å². The van der Waals surface area contributed by atoms with Gasteiger partial charge in [0, 0.05) is 18.6 Å². The molecule has 0 atom stereocenters. The molecule has 0 spiro atoms. The molecule has 1 saturated carbocycles. The Hall–Kier alpha value is -1.11. The van der Waals surface area contributed by atoms with Crippen LogP contribution in [0.3, 0.4) is 0 Å². The molecule has 0 bridgehead atoms. The summed E-state index contributed by atoms with van der Waals surface area (Å²) in [5.41, 5.74) is 0.927. The van der Waals surface area contributed by atoms with E-state index in [4.69, 9.17) is 4.74 Å². The minimum atomic E-state index is -3.50. The van der Waals surface area contributed by atoms with Crippen LogP contribution in [0.25, 0.3) is 0 Å². The van der Waals surface area contributed by atoms with Crippen molar-refractivity contribution < 1.29 is 13.2 Å². The second-order valence-electron chi connectivity index (χ2n) is 5.42. The monoisotopic (exact) mass is 298 g/mol. The number of sulfonamides is 1. The second-order valence-corrected chi connectivity index (χ2v) is 7.10. The van der Waals surface area contributed by atoms with Gasteiger partial charge in [0.2, 0.25) is 10.0 Å². The Morgan fingerprint density at radius 1 is 1.35 bits per heavy atom. The van der Waals surface area contributed by atoms with Gasteiger partial charge in [-0.15, -0.1) is 0 Å². The largest absolute Gasteiger partial charge is 0.495 e. The number of hydrogen-bond donors (Lipinski definition) is 2. The third-order valence-electron chi connectivity index (χ3n) is 3.13. The number of hydrogen-bond acceptors (Lipinski definition) is 4. The van der Waals surface area contributed by atoms with Gasteiger partial charge in [-0.2, -0.15) is 0 Å². The van der Waals surface area contributed by atoms with Crippen molar-refractivity contribution in [2.75, 3.05) is 7.11 Å². The number of methoxy groups -OCH3 is 1. The highest BCUT2D eigenvalue weighted by atomic mass is 32.2. The lowest BCUT2D eigenvalue weighted by atomic mass is 10.2. The van der Waals surface area contributed by atoms with Crippen LogP contribution < -0.4 is 14.8 Å². The second kappa shape index (κ2) is 6.11. The molecule has 1 fully saturated rings. The third-order valence-corrected chi connectivity index (χ3v) is 4.67. The van der Waals surface area contributed by atoms with Crippen LogP contribution in [0.4, 0.5) is 0 Å². The van der Waals surface area contributed by atoms with Crippen molar-refractivity contribution >= 4 is 10.0 Å². The molecule has 112 valence electrons. The molecule has 0 amide bonds. The maximum atomic E-state index is 12.3. The molecule has 1 aliphatic rings. The van der Waals surface area contributed by atoms with E-state index in [2.05, 4.69) is 23.9 Å². The van der Waals surface area contributed by atoms with Gasteiger partial charge in [0.1, 0.15) is 10.6 Å². The van der Waals surface area contributed by atoms with Crippen molar-refractivity contribution in [1.29, 1.82) is 0 Å². The van der Waals surface area contributed by atoms with Crippen LogP contribution in [0, 0.1) is 0 Å². The predicted molar refractivity (Wildman–Crippen MR) is 78.3 cm³/mol. The molecule has 0 unspecified atom stereocenters. The highest BCUT2D eigenvalue weighted by Crippen LogP contribution is 2.28. The molecular formula is C14H22N2O3S. The lowest BCUT2D eigenvalue weighted by Gasteiger charge is -2.13. The standard InChI is InChI=1S/C14H22N2O3S/c1-10(2)15-9-11-4-7-13(19-3)14(8-11)20(17,18)16-12-5-6-12/h4,7-8,10,12,15-16H,5-6,9H2,1-3H3. The Bertz CT molecular complexity index is 566. The molecule has 5 nitrogen and oxygen atoms in total. The fourth-order valence-electron chi connectivity index (χ4n) is 1.85. The van der Waals surface area contributed by atoms with Crippen LogP contribution >= 0.6 is 0 Å². The van der Waals surface area contributed by atoms with Gasteiger partial charge in [0.25, 0.3) is 0 Å². The number of rotatable bonds is 7. The van der Waals surface area contributed by atoms with E-state index in [1.165, 1.54) is 7.11 Å². The van der Waals surface area contributed by atoms with Crippen LogP contribution in [0.1, 0.15) is 32.3 Å². The smallest absolute Gasteiger partial charge is 0.244 e. The van der Waals surface area contributed by atoms with Crippen molar-refractivity contribution in [3.63, 3.8) is 0 Å². The molecule has 0 aliphatic heterocycles. The first kappa shape index (κ1) is 15.3. The van der Waals surface area contributed by atoms with Crippen molar-refractivity contribution in [3.05, 3.63) is 23.8 Å². The molecule has 1 aromatic rings. The zero-order chi connectivity index (χ0) is 14.8. The van der Waals surface area contributed by atoms with E-state index in [1.54, 1.807) is 12.1 Å². The number of benzene rings is 1. The van der Waals surface area contributed by atoms with Gasteiger partial charge < -0.3 is 10.1 Å². The van der Waals surface area contributed by atoms with Crippen LogP contribution in [0.15, 0.2) is 23.1 Å². The lowest BCUT2D eigenvalue weighted by molar-refractivity contribution is 0.402. The summed E-state index contributed by atoms with van der Waals surface area (Å²) in [6.07, 6.45) is 1.83. The highest BCUT2D eigenvalue weighted by Gasteiger charge is 2.29. The quantitative estimate of drug-likeness (QED) is 0.803. The molecule has 0 saturated heterocycles. The Morgan fingerprint density at radius 3 is 2.60 bits per heavy atom. The fourth-order valence-corrected chi connectivity index (χ4v) is 3.37. The van der Waals surface area contributed by atoms with Crippen molar-refractivity contribution in [2.24, 2.45) is 0 Å². The molecule has 2 N–H and O–H groups in total. The highest BCUT2D eigenvalue weighted by molar-refractivity contribution is 7.89. The predicted octanol–water partition coefficient (Wildman–Crippen LogP) is 1.63. The van der Waals surface area contributed by atoms with Gasteiger partial charge in [-0.05, 0) is 30.5 Å². The molecule has 0 heterocycles. The Balaban J connectivity index is 2.25. The maximum Gasteiger partial charge on any atom is 0.244 e. The summed E-state index contributed by atoms with van der Waals surface area (Å²) in [6, 6.07) is 5.70. The maximum absolute atomic E-state index is 12.3. The lowest BCUT2D eigenvalue weighted by Crippen LogP contribution is -2.26. The van der Waals surface area contributed by atoms with E-state index in [9.17, 15) is 8.42 Å². The minimum Gasteiger partial charge on any atom is -0.495 e. The van der Waals surface area contributed by atoms with E-state index in [0.29, 0.717) is 18.3 Å². The zero-order valence-electron chi connectivity index (χ0n) is 12.1. The van der Waals surface area contributed by atoms with Gasteiger partial charge in [0.15, 0.2) is 0 Å². The summed E-state index contributed by atoms with van der Waals surface area (Å²) in [7, 11) is -2.02. The molecule has 20 heavy (non-hydrogen) atoms. The summed E-state index contributed by atoms with van der Waals surface area (Å²) in [5.74, 6) is 0.381.